The van der Waals surface area contributed by atoms with E-state index in [1.54, 1.807) is 30.3 Å². The van der Waals surface area contributed by atoms with Gasteiger partial charge in [0.2, 0.25) is 0 Å². The van der Waals surface area contributed by atoms with Crippen LogP contribution in [0.15, 0.2) is 55.1 Å². The van der Waals surface area contributed by atoms with Crippen LogP contribution in [0, 0.1) is 0 Å². The number of rotatable bonds is 8. The van der Waals surface area contributed by atoms with Gasteiger partial charge in [-0.05, 0) is 17.7 Å². The number of hydrogen-bond acceptors (Lipinski definition) is 9. The first kappa shape index (κ1) is 20.9. The van der Waals surface area contributed by atoms with Gasteiger partial charge in [-0.25, -0.2) is 15.0 Å². The molecule has 0 bridgehead atoms. The molecule has 0 saturated heterocycles. The maximum Gasteiger partial charge on any atom is 0.263 e. The van der Waals surface area contributed by atoms with Crippen LogP contribution >= 0.6 is 0 Å². The standard InChI is InChI=1S/C22H22N6O4/c1-28-12-15(9-26-28)18-11-24-20(23)22(27-18)32-17-8-19(30-3)21(25-10-17)31-13-14-4-6-16(29-2)7-5-14/h4-12H,13H2,1-3H3,(H2,23,24). The number of nitrogens with two attached hydrogens (primary N) is 1. The predicted molar refractivity (Wildman–Crippen MR) is 117 cm³/mol. The van der Waals surface area contributed by atoms with Crippen LogP contribution in [0.5, 0.6) is 29.0 Å². The number of aryl methyl sites for hydroxylation is 1. The van der Waals surface area contributed by atoms with Crippen LogP contribution in [0.4, 0.5) is 5.82 Å². The first-order chi connectivity index (χ1) is 15.6. The molecule has 10 heteroatoms. The van der Waals surface area contributed by atoms with Gasteiger partial charge in [-0.2, -0.15) is 5.10 Å². The number of aromatic nitrogens is 5. The Kier molecular flexibility index (Phi) is 6.02. The molecule has 0 aliphatic rings. The number of methoxy groups -OCH3 is 2. The van der Waals surface area contributed by atoms with Crippen molar-refractivity contribution in [3.05, 3.63) is 60.7 Å². The monoisotopic (exact) mass is 434 g/mol. The molecule has 4 aromatic rings. The van der Waals surface area contributed by atoms with E-state index in [9.17, 15) is 0 Å². The van der Waals surface area contributed by atoms with Gasteiger partial charge in [-0.1, -0.05) is 12.1 Å². The molecule has 0 spiro atoms. The lowest BCUT2D eigenvalue weighted by molar-refractivity contribution is 0.271. The van der Waals surface area contributed by atoms with Crippen LogP contribution in [-0.2, 0) is 13.7 Å². The Labute approximate surface area is 184 Å². The van der Waals surface area contributed by atoms with Gasteiger partial charge in [-0.3, -0.25) is 4.68 Å². The summed E-state index contributed by atoms with van der Waals surface area (Å²) in [5.41, 5.74) is 8.29. The molecule has 164 valence electrons. The van der Waals surface area contributed by atoms with Crippen LogP contribution in [0.3, 0.4) is 0 Å². The van der Waals surface area contributed by atoms with Crippen LogP contribution in [0.2, 0.25) is 0 Å². The minimum Gasteiger partial charge on any atom is -0.497 e. The van der Waals surface area contributed by atoms with Crippen LogP contribution < -0.4 is 24.7 Å². The highest BCUT2D eigenvalue weighted by Crippen LogP contribution is 2.33. The van der Waals surface area contributed by atoms with Gasteiger partial charge >= 0.3 is 0 Å². The summed E-state index contributed by atoms with van der Waals surface area (Å²) in [6, 6.07) is 9.21. The molecule has 10 nitrogen and oxygen atoms in total. The number of pyridine rings is 1. The Morgan fingerprint density at radius 1 is 0.938 bits per heavy atom. The average Bonchev–Trinajstić information content (AvgIpc) is 3.26. The van der Waals surface area contributed by atoms with Gasteiger partial charge in [-0.15, -0.1) is 0 Å². The Hall–Kier alpha value is -4.34. The number of ether oxygens (including phenoxy) is 4. The molecular formula is C22H22N6O4. The van der Waals surface area contributed by atoms with Crippen molar-refractivity contribution in [2.24, 2.45) is 7.05 Å². The lowest BCUT2D eigenvalue weighted by atomic mass is 10.2. The minimum absolute atomic E-state index is 0.149. The molecule has 3 aromatic heterocycles. The molecule has 32 heavy (non-hydrogen) atoms. The van der Waals surface area contributed by atoms with E-state index in [1.807, 2.05) is 37.5 Å². The highest BCUT2D eigenvalue weighted by molar-refractivity contribution is 5.59. The van der Waals surface area contributed by atoms with Gasteiger partial charge in [0.1, 0.15) is 12.4 Å². The van der Waals surface area contributed by atoms with Crippen molar-refractivity contribution in [1.82, 2.24) is 24.7 Å². The minimum atomic E-state index is 0.149. The lowest BCUT2D eigenvalue weighted by Crippen LogP contribution is -2.02. The van der Waals surface area contributed by atoms with Gasteiger partial charge in [0.05, 0.1) is 38.5 Å². The topological polar surface area (TPSA) is 119 Å². The summed E-state index contributed by atoms with van der Waals surface area (Å²) in [6.45, 7) is 0.319. The second-order valence-electron chi connectivity index (χ2n) is 6.77. The van der Waals surface area contributed by atoms with Crippen LogP contribution in [-0.4, -0.2) is 39.0 Å². The third kappa shape index (κ3) is 4.69. The fourth-order valence-electron chi connectivity index (χ4n) is 2.86. The maximum atomic E-state index is 5.95. The van der Waals surface area contributed by atoms with Crippen LogP contribution in [0.1, 0.15) is 5.56 Å². The first-order valence-electron chi connectivity index (χ1n) is 9.65. The Morgan fingerprint density at radius 3 is 2.44 bits per heavy atom. The predicted octanol–water partition coefficient (Wildman–Crippen LogP) is 3.24. The normalized spacial score (nSPS) is 10.6. The molecule has 0 fully saturated rings. The Morgan fingerprint density at radius 2 is 1.75 bits per heavy atom. The summed E-state index contributed by atoms with van der Waals surface area (Å²) in [6.07, 6.45) is 6.57. The van der Waals surface area contributed by atoms with Gasteiger partial charge in [0.15, 0.2) is 17.3 Å². The summed E-state index contributed by atoms with van der Waals surface area (Å²) < 4.78 is 23.9. The fourth-order valence-corrected chi connectivity index (χ4v) is 2.86. The summed E-state index contributed by atoms with van der Waals surface area (Å²) in [7, 11) is 4.97. The summed E-state index contributed by atoms with van der Waals surface area (Å²) in [4.78, 5) is 12.9. The maximum absolute atomic E-state index is 5.95. The van der Waals surface area contributed by atoms with Crippen molar-refractivity contribution in [3.8, 4) is 40.3 Å². The summed E-state index contributed by atoms with van der Waals surface area (Å²) in [5, 5.41) is 4.14. The van der Waals surface area contributed by atoms with E-state index in [0.717, 1.165) is 16.9 Å². The average molecular weight is 434 g/mol. The van der Waals surface area contributed by atoms with Crippen molar-refractivity contribution < 1.29 is 18.9 Å². The third-order valence-electron chi connectivity index (χ3n) is 4.53. The number of nitrogen functional groups attached to an aromatic ring is 1. The molecule has 0 atom stereocenters. The highest BCUT2D eigenvalue weighted by Gasteiger charge is 2.14. The second-order valence-corrected chi connectivity index (χ2v) is 6.77. The van der Waals surface area contributed by atoms with E-state index in [2.05, 4.69) is 20.1 Å². The van der Waals surface area contributed by atoms with Gasteiger partial charge < -0.3 is 24.7 Å². The smallest absolute Gasteiger partial charge is 0.263 e. The highest BCUT2D eigenvalue weighted by atomic mass is 16.5. The molecule has 2 N–H and O–H groups in total. The van der Waals surface area contributed by atoms with Crippen molar-refractivity contribution in [1.29, 1.82) is 0 Å². The van der Waals surface area contributed by atoms with E-state index in [-0.39, 0.29) is 11.7 Å². The van der Waals surface area contributed by atoms with Gasteiger partial charge in [0, 0.05) is 24.9 Å². The molecule has 0 aliphatic carbocycles. The molecule has 0 unspecified atom stereocenters. The first-order valence-corrected chi connectivity index (χ1v) is 9.65. The number of nitrogens with zero attached hydrogens (tertiary/aromatic N) is 5. The number of hydrogen-bond donors (Lipinski definition) is 1. The molecular weight excluding hydrogens is 412 g/mol. The number of anilines is 1. The zero-order valence-corrected chi connectivity index (χ0v) is 17.8. The summed E-state index contributed by atoms with van der Waals surface area (Å²) in [5.74, 6) is 2.20. The molecule has 1 aromatic carbocycles. The van der Waals surface area contributed by atoms with E-state index >= 15 is 0 Å². The van der Waals surface area contributed by atoms with Crippen molar-refractivity contribution in [3.63, 3.8) is 0 Å². The van der Waals surface area contributed by atoms with E-state index < -0.39 is 0 Å². The van der Waals surface area contributed by atoms with Crippen LogP contribution in [0.25, 0.3) is 11.3 Å². The number of benzene rings is 1. The summed E-state index contributed by atoms with van der Waals surface area (Å²) >= 11 is 0. The SMILES string of the molecule is COc1ccc(COc2ncc(Oc3nc(-c4cnn(C)c4)cnc3N)cc2OC)cc1. The zero-order chi connectivity index (χ0) is 22.5. The fraction of sp³-hybridized carbons (Fsp3) is 0.182. The molecule has 0 saturated carbocycles. The second kappa shape index (κ2) is 9.21. The Bertz CT molecular complexity index is 1210. The van der Waals surface area contributed by atoms with Crippen molar-refractivity contribution in [2.45, 2.75) is 6.61 Å². The molecule has 0 radical (unpaired) electrons. The van der Waals surface area contributed by atoms with E-state index in [0.29, 0.717) is 29.7 Å². The zero-order valence-electron chi connectivity index (χ0n) is 17.8. The largest absolute Gasteiger partial charge is 0.497 e. The lowest BCUT2D eigenvalue weighted by Gasteiger charge is -2.12. The Balaban J connectivity index is 1.50. The molecule has 0 amide bonds. The molecule has 4 rings (SSSR count). The van der Waals surface area contributed by atoms with Crippen molar-refractivity contribution in [2.75, 3.05) is 20.0 Å². The molecule has 0 aliphatic heterocycles. The molecule has 3 heterocycles. The quantitative estimate of drug-likeness (QED) is 0.445. The van der Waals surface area contributed by atoms with E-state index in [4.69, 9.17) is 24.7 Å². The van der Waals surface area contributed by atoms with Gasteiger partial charge in [0.25, 0.3) is 11.8 Å². The van der Waals surface area contributed by atoms with E-state index in [1.165, 1.54) is 13.3 Å². The third-order valence-corrected chi connectivity index (χ3v) is 4.53. The van der Waals surface area contributed by atoms with Crippen molar-refractivity contribution >= 4 is 5.82 Å².